The summed E-state index contributed by atoms with van der Waals surface area (Å²) in [6.07, 6.45) is 1.47. The highest BCUT2D eigenvalue weighted by Crippen LogP contribution is 2.02. The SMILES string of the molecule is N#CCCCCS(=O)(=O)Cl. The van der Waals surface area contributed by atoms with Crippen LogP contribution in [0.25, 0.3) is 0 Å². The molecule has 0 rings (SSSR count). The fourth-order valence-electron chi connectivity index (χ4n) is 0.479. The van der Waals surface area contributed by atoms with Gasteiger partial charge in [0.15, 0.2) is 0 Å². The largest absolute Gasteiger partial charge is 0.232 e. The molecule has 0 atom stereocenters. The molecule has 0 aliphatic carbocycles. The lowest BCUT2D eigenvalue weighted by atomic mass is 10.3. The van der Waals surface area contributed by atoms with Gasteiger partial charge in [0.2, 0.25) is 9.05 Å². The van der Waals surface area contributed by atoms with Gasteiger partial charge in [-0.1, -0.05) is 0 Å². The van der Waals surface area contributed by atoms with Crippen molar-refractivity contribution < 1.29 is 8.42 Å². The van der Waals surface area contributed by atoms with Gasteiger partial charge in [0.1, 0.15) is 0 Å². The minimum Gasteiger partial charge on any atom is -0.212 e. The summed E-state index contributed by atoms with van der Waals surface area (Å²) < 4.78 is 20.6. The zero-order valence-electron chi connectivity index (χ0n) is 5.38. The number of nitriles is 1. The molecule has 0 spiro atoms. The van der Waals surface area contributed by atoms with E-state index in [1.165, 1.54) is 0 Å². The smallest absolute Gasteiger partial charge is 0.212 e. The standard InChI is InChI=1S/C5H8ClNO2S/c6-10(8,9)5-3-1-2-4-7/h1-3,5H2. The number of rotatable bonds is 4. The number of unbranched alkanes of at least 4 members (excludes halogenated alkanes) is 2. The third-order valence-electron chi connectivity index (χ3n) is 0.927. The highest BCUT2D eigenvalue weighted by Gasteiger charge is 2.02. The van der Waals surface area contributed by atoms with Crippen LogP contribution in [-0.4, -0.2) is 14.2 Å². The van der Waals surface area contributed by atoms with Gasteiger partial charge in [0.25, 0.3) is 0 Å². The molecule has 0 amide bonds. The summed E-state index contributed by atoms with van der Waals surface area (Å²) in [5, 5.41) is 8.06. The summed E-state index contributed by atoms with van der Waals surface area (Å²) in [5.41, 5.74) is 0. The van der Waals surface area contributed by atoms with E-state index in [2.05, 4.69) is 0 Å². The predicted octanol–water partition coefficient (Wildman–Crippen LogP) is 1.25. The Morgan fingerprint density at radius 3 is 2.40 bits per heavy atom. The van der Waals surface area contributed by atoms with E-state index < -0.39 is 9.05 Å². The fraction of sp³-hybridized carbons (Fsp3) is 0.800. The maximum absolute atomic E-state index is 10.3. The van der Waals surface area contributed by atoms with Crippen molar-refractivity contribution in [2.24, 2.45) is 0 Å². The Labute approximate surface area is 65.0 Å². The van der Waals surface area contributed by atoms with Crippen LogP contribution in [0.2, 0.25) is 0 Å². The summed E-state index contributed by atoms with van der Waals surface area (Å²) in [7, 11) is 1.56. The minimum absolute atomic E-state index is 0.0315. The maximum atomic E-state index is 10.3. The van der Waals surface area contributed by atoms with Crippen LogP contribution in [0.5, 0.6) is 0 Å². The number of nitrogens with zero attached hydrogens (tertiary/aromatic N) is 1. The van der Waals surface area contributed by atoms with Crippen molar-refractivity contribution >= 4 is 19.7 Å². The molecule has 0 saturated heterocycles. The van der Waals surface area contributed by atoms with Gasteiger partial charge in [-0.2, -0.15) is 5.26 Å². The quantitative estimate of drug-likeness (QED) is 0.485. The molecule has 5 heteroatoms. The fourth-order valence-corrected chi connectivity index (χ4v) is 1.35. The van der Waals surface area contributed by atoms with Crippen LogP contribution < -0.4 is 0 Å². The first-order chi connectivity index (χ1) is 4.56. The van der Waals surface area contributed by atoms with Crippen molar-refractivity contribution in [1.82, 2.24) is 0 Å². The highest BCUT2D eigenvalue weighted by molar-refractivity contribution is 8.13. The van der Waals surface area contributed by atoms with Crippen LogP contribution in [0, 0.1) is 11.3 Å². The minimum atomic E-state index is -3.34. The molecule has 58 valence electrons. The second-order valence-corrected chi connectivity index (χ2v) is 4.75. The Hall–Kier alpha value is -0.270. The molecule has 0 bridgehead atoms. The van der Waals surface area contributed by atoms with E-state index >= 15 is 0 Å². The summed E-state index contributed by atoms with van der Waals surface area (Å²) >= 11 is 0. The van der Waals surface area contributed by atoms with Crippen molar-refractivity contribution in [3.05, 3.63) is 0 Å². The lowest BCUT2D eigenvalue weighted by molar-refractivity contribution is 0.605. The van der Waals surface area contributed by atoms with E-state index in [1.807, 2.05) is 6.07 Å². The van der Waals surface area contributed by atoms with Gasteiger partial charge in [-0.25, -0.2) is 8.42 Å². The van der Waals surface area contributed by atoms with Crippen LogP contribution in [0.15, 0.2) is 0 Å². The van der Waals surface area contributed by atoms with E-state index in [4.69, 9.17) is 15.9 Å². The van der Waals surface area contributed by atoms with Gasteiger partial charge < -0.3 is 0 Å². The third kappa shape index (κ3) is 7.73. The average molecular weight is 182 g/mol. The van der Waals surface area contributed by atoms with Crippen molar-refractivity contribution in [1.29, 1.82) is 5.26 Å². The van der Waals surface area contributed by atoms with Crippen LogP contribution in [-0.2, 0) is 9.05 Å². The molecule has 0 fully saturated rings. The van der Waals surface area contributed by atoms with E-state index in [0.29, 0.717) is 19.3 Å². The summed E-state index contributed by atoms with van der Waals surface area (Å²) in [6, 6.07) is 1.92. The van der Waals surface area contributed by atoms with Crippen molar-refractivity contribution in [3.63, 3.8) is 0 Å². The molecule has 0 N–H and O–H groups in total. The first kappa shape index (κ1) is 9.73. The van der Waals surface area contributed by atoms with Gasteiger partial charge in [0.05, 0.1) is 11.8 Å². The molecule has 10 heavy (non-hydrogen) atoms. The first-order valence-electron chi connectivity index (χ1n) is 2.85. The summed E-state index contributed by atoms with van der Waals surface area (Å²) in [4.78, 5) is 0. The van der Waals surface area contributed by atoms with E-state index in [-0.39, 0.29) is 5.75 Å². The molecular formula is C5H8ClNO2S. The zero-order valence-corrected chi connectivity index (χ0v) is 6.95. The number of halogens is 1. The number of hydrogen-bond donors (Lipinski definition) is 0. The molecule has 0 aromatic rings. The zero-order chi connectivity index (χ0) is 8.04. The van der Waals surface area contributed by atoms with Crippen LogP contribution in [0.3, 0.4) is 0 Å². The molecule has 0 aliphatic heterocycles. The normalized spacial score (nSPS) is 10.8. The van der Waals surface area contributed by atoms with Gasteiger partial charge >= 0.3 is 0 Å². The molecule has 0 aromatic carbocycles. The lowest BCUT2D eigenvalue weighted by Crippen LogP contribution is -1.95. The van der Waals surface area contributed by atoms with E-state index in [1.54, 1.807) is 0 Å². The molecule has 0 heterocycles. The number of hydrogen-bond acceptors (Lipinski definition) is 3. The molecule has 0 aromatic heterocycles. The highest BCUT2D eigenvalue weighted by atomic mass is 35.7. The van der Waals surface area contributed by atoms with Gasteiger partial charge in [-0.3, -0.25) is 0 Å². The average Bonchev–Trinajstić information content (AvgIpc) is 1.78. The Bertz CT molecular complexity index is 216. The molecule has 3 nitrogen and oxygen atoms in total. The summed E-state index contributed by atoms with van der Waals surface area (Å²) in [5.74, 6) is -0.0315. The summed E-state index contributed by atoms with van der Waals surface area (Å²) in [6.45, 7) is 0. The van der Waals surface area contributed by atoms with Crippen molar-refractivity contribution in [2.45, 2.75) is 19.3 Å². The van der Waals surface area contributed by atoms with Crippen LogP contribution in [0.1, 0.15) is 19.3 Å². The van der Waals surface area contributed by atoms with Crippen molar-refractivity contribution in [3.8, 4) is 6.07 Å². The Morgan fingerprint density at radius 2 is 2.00 bits per heavy atom. The van der Waals surface area contributed by atoms with Crippen LogP contribution >= 0.6 is 10.7 Å². The second-order valence-electron chi connectivity index (χ2n) is 1.86. The molecular weight excluding hydrogens is 174 g/mol. The van der Waals surface area contributed by atoms with Gasteiger partial charge in [0, 0.05) is 17.1 Å². The predicted molar refractivity (Wildman–Crippen MR) is 39.1 cm³/mol. The first-order valence-corrected chi connectivity index (χ1v) is 5.33. The Kier molecular flexibility index (Phi) is 4.41. The topological polar surface area (TPSA) is 57.9 Å². The maximum Gasteiger partial charge on any atom is 0.232 e. The molecule has 0 saturated carbocycles. The van der Waals surface area contributed by atoms with Crippen LogP contribution in [0.4, 0.5) is 0 Å². The van der Waals surface area contributed by atoms with E-state index in [0.717, 1.165) is 0 Å². The monoisotopic (exact) mass is 181 g/mol. The molecule has 0 unspecified atom stereocenters. The Morgan fingerprint density at radius 1 is 1.40 bits per heavy atom. The Balaban J connectivity index is 3.32. The van der Waals surface area contributed by atoms with Gasteiger partial charge in [-0.05, 0) is 12.8 Å². The third-order valence-corrected chi connectivity index (χ3v) is 2.17. The molecule has 0 aliphatic rings. The second kappa shape index (κ2) is 4.53. The molecule has 0 radical (unpaired) electrons. The van der Waals surface area contributed by atoms with E-state index in [9.17, 15) is 8.42 Å². The lowest BCUT2D eigenvalue weighted by Gasteiger charge is -1.91. The van der Waals surface area contributed by atoms with Crippen molar-refractivity contribution in [2.75, 3.05) is 5.75 Å². The van der Waals surface area contributed by atoms with Gasteiger partial charge in [-0.15, -0.1) is 0 Å².